The van der Waals surface area contributed by atoms with Crippen LogP contribution in [0.1, 0.15) is 26.7 Å². The molecule has 0 heterocycles. The third kappa shape index (κ3) is 2060. The van der Waals surface area contributed by atoms with E-state index in [4.69, 9.17) is 9.11 Å². The number of unbranched alkanes of at least 4 members (excludes halogenated alkanes) is 1. The van der Waals surface area contributed by atoms with E-state index in [9.17, 15) is 16.8 Å². The summed E-state index contributed by atoms with van der Waals surface area (Å²) in [7, 11) is -7.33. The number of hydrogen-bond donors (Lipinski definition) is 2. The first-order valence-corrected chi connectivity index (χ1v) is 7.46. The van der Waals surface area contributed by atoms with Crippen molar-refractivity contribution in [2.75, 3.05) is 12.5 Å². The summed E-state index contributed by atoms with van der Waals surface area (Å²) in [4.78, 5) is 0. The molecule has 0 aromatic rings. The molecule has 14 heavy (non-hydrogen) atoms. The van der Waals surface area contributed by atoms with Crippen molar-refractivity contribution in [1.29, 1.82) is 0 Å². The van der Waals surface area contributed by atoms with E-state index in [0.29, 0.717) is 12.5 Å². The fraction of sp³-hybridized carbons (Fsp3) is 1.00. The lowest BCUT2D eigenvalue weighted by Gasteiger charge is -1.69. The highest BCUT2D eigenvalue weighted by Crippen LogP contribution is 1.76. The Morgan fingerprint density at radius 2 is 0.857 bits per heavy atom. The maximum atomic E-state index is 9.19. The van der Waals surface area contributed by atoms with Gasteiger partial charge in [-0.2, -0.15) is 16.8 Å². The highest BCUT2D eigenvalue weighted by Gasteiger charge is 1.81. The van der Waals surface area contributed by atoms with E-state index in [1.165, 1.54) is 12.8 Å². The van der Waals surface area contributed by atoms with Crippen molar-refractivity contribution >= 4 is 20.2 Å². The zero-order valence-electron chi connectivity index (χ0n) is 8.76. The van der Waals surface area contributed by atoms with Crippen LogP contribution in [0.25, 0.3) is 0 Å². The fourth-order valence-corrected chi connectivity index (χ4v) is 0. The van der Waals surface area contributed by atoms with Crippen molar-refractivity contribution in [3.8, 4) is 0 Å². The highest BCUT2D eigenvalue weighted by atomic mass is 32.2. The SMILES string of the molecule is CCCC.CS(=O)(=O)O.CS(=O)(=O)O. The Bertz CT molecular complexity index is 240. The van der Waals surface area contributed by atoms with Gasteiger partial charge < -0.3 is 0 Å². The van der Waals surface area contributed by atoms with Crippen LogP contribution in [0.15, 0.2) is 0 Å². The van der Waals surface area contributed by atoms with E-state index in [2.05, 4.69) is 13.8 Å². The summed E-state index contributed by atoms with van der Waals surface area (Å²) in [6.07, 6.45) is 4.07. The van der Waals surface area contributed by atoms with E-state index in [1.807, 2.05) is 0 Å². The van der Waals surface area contributed by atoms with E-state index in [-0.39, 0.29) is 0 Å². The van der Waals surface area contributed by atoms with Crippen molar-refractivity contribution in [3.05, 3.63) is 0 Å². The predicted octanol–water partition coefficient (Wildman–Crippen LogP) is 0.814. The Kier molecular flexibility index (Phi) is 13.0. The average molecular weight is 250 g/mol. The van der Waals surface area contributed by atoms with Crippen LogP contribution in [0.3, 0.4) is 0 Å². The minimum Gasteiger partial charge on any atom is -0.286 e. The molecular weight excluding hydrogens is 232 g/mol. The van der Waals surface area contributed by atoms with Crippen LogP contribution in [0.5, 0.6) is 0 Å². The zero-order valence-corrected chi connectivity index (χ0v) is 10.4. The largest absolute Gasteiger partial charge is 0.286 e. The number of rotatable bonds is 1. The normalized spacial score (nSPS) is 10.4. The second kappa shape index (κ2) is 9.38. The van der Waals surface area contributed by atoms with Crippen molar-refractivity contribution < 1.29 is 25.9 Å². The van der Waals surface area contributed by atoms with Gasteiger partial charge in [-0.15, -0.1) is 0 Å². The molecule has 2 N–H and O–H groups in total. The highest BCUT2D eigenvalue weighted by molar-refractivity contribution is 7.85. The summed E-state index contributed by atoms with van der Waals surface area (Å²) in [5.41, 5.74) is 0. The van der Waals surface area contributed by atoms with Gasteiger partial charge in [0.2, 0.25) is 0 Å². The second-order valence-electron chi connectivity index (χ2n) is 2.47. The van der Waals surface area contributed by atoms with Gasteiger partial charge in [-0.1, -0.05) is 26.7 Å². The van der Waals surface area contributed by atoms with E-state index < -0.39 is 20.2 Å². The molecule has 0 saturated heterocycles. The molecule has 6 nitrogen and oxygen atoms in total. The van der Waals surface area contributed by atoms with Crippen LogP contribution >= 0.6 is 0 Å². The van der Waals surface area contributed by atoms with Crippen molar-refractivity contribution in [2.24, 2.45) is 0 Å². The molecule has 0 spiro atoms. The van der Waals surface area contributed by atoms with E-state index in [1.54, 1.807) is 0 Å². The monoisotopic (exact) mass is 250 g/mol. The summed E-state index contributed by atoms with van der Waals surface area (Å²) in [5, 5.41) is 0. The first-order chi connectivity index (χ1) is 5.91. The molecule has 0 aliphatic heterocycles. The lowest BCUT2D eigenvalue weighted by molar-refractivity contribution is 0.488. The maximum Gasteiger partial charge on any atom is 0.261 e. The minimum atomic E-state index is -3.67. The third-order valence-electron chi connectivity index (χ3n) is 0.500. The predicted molar refractivity (Wildman–Crippen MR) is 55.5 cm³/mol. The molecule has 0 rings (SSSR count). The topological polar surface area (TPSA) is 109 Å². The van der Waals surface area contributed by atoms with Crippen molar-refractivity contribution in [1.82, 2.24) is 0 Å². The molecule has 0 fully saturated rings. The van der Waals surface area contributed by atoms with Crippen LogP contribution in [0.2, 0.25) is 0 Å². The number of hydrogen-bond acceptors (Lipinski definition) is 4. The molecule has 0 saturated carbocycles. The molecule has 8 heteroatoms. The van der Waals surface area contributed by atoms with Crippen LogP contribution in [0.4, 0.5) is 0 Å². The molecule has 0 atom stereocenters. The summed E-state index contributed by atoms with van der Waals surface area (Å²) < 4.78 is 51.7. The summed E-state index contributed by atoms with van der Waals surface area (Å²) in [5.74, 6) is 0. The van der Waals surface area contributed by atoms with Crippen molar-refractivity contribution in [2.45, 2.75) is 26.7 Å². The zero-order chi connectivity index (χ0) is 12.4. The van der Waals surface area contributed by atoms with Gasteiger partial charge in [0, 0.05) is 0 Å². The summed E-state index contributed by atoms with van der Waals surface area (Å²) >= 11 is 0. The molecule has 0 bridgehead atoms. The minimum absolute atomic E-state index is 0.715. The quantitative estimate of drug-likeness (QED) is 0.667. The Morgan fingerprint density at radius 1 is 0.786 bits per heavy atom. The smallest absolute Gasteiger partial charge is 0.261 e. The van der Waals surface area contributed by atoms with E-state index in [0.717, 1.165) is 0 Å². The molecule has 0 amide bonds. The van der Waals surface area contributed by atoms with Gasteiger partial charge in [-0.05, 0) is 0 Å². The summed E-state index contributed by atoms with van der Waals surface area (Å²) in [6, 6.07) is 0. The van der Waals surface area contributed by atoms with Crippen LogP contribution < -0.4 is 0 Å². The van der Waals surface area contributed by atoms with Gasteiger partial charge in [0.25, 0.3) is 20.2 Å². The molecule has 0 unspecified atom stereocenters. The molecule has 0 aromatic carbocycles. The van der Waals surface area contributed by atoms with Crippen LogP contribution in [0, 0.1) is 0 Å². The first-order valence-electron chi connectivity index (χ1n) is 3.76. The molecule has 0 radical (unpaired) electrons. The third-order valence-corrected chi connectivity index (χ3v) is 0.500. The lowest BCUT2D eigenvalue weighted by Crippen LogP contribution is -1.88. The molecular formula is C6H18O6S2. The maximum absolute atomic E-state index is 9.19. The molecule has 0 aliphatic carbocycles. The Labute approximate surface area is 85.8 Å². The molecule has 90 valence electrons. The average Bonchev–Trinajstić information content (AvgIpc) is 1.79. The Hall–Kier alpha value is -0.180. The first kappa shape index (κ1) is 19.4. The molecule has 0 aromatic heterocycles. The lowest BCUT2D eigenvalue weighted by atomic mass is 10.4. The van der Waals surface area contributed by atoms with Crippen LogP contribution in [-0.4, -0.2) is 38.5 Å². The van der Waals surface area contributed by atoms with Gasteiger partial charge in [-0.25, -0.2) is 0 Å². The second-order valence-corrected chi connectivity index (χ2v) is 5.40. The standard InChI is InChI=1S/C4H10.2CH4O3S/c1-3-4-2;2*1-5(2,3)4/h3-4H2,1-2H3;2*1H3,(H,2,3,4). The Balaban J connectivity index is -0.000000131. The van der Waals surface area contributed by atoms with Crippen molar-refractivity contribution in [3.63, 3.8) is 0 Å². The van der Waals surface area contributed by atoms with Crippen LogP contribution in [-0.2, 0) is 20.2 Å². The van der Waals surface area contributed by atoms with Gasteiger partial charge in [0.15, 0.2) is 0 Å². The van der Waals surface area contributed by atoms with Gasteiger partial charge >= 0.3 is 0 Å². The fourth-order valence-electron chi connectivity index (χ4n) is 0. The van der Waals surface area contributed by atoms with Gasteiger partial charge in [0.05, 0.1) is 12.5 Å². The van der Waals surface area contributed by atoms with E-state index >= 15 is 0 Å². The Morgan fingerprint density at radius 3 is 0.857 bits per heavy atom. The van der Waals surface area contributed by atoms with Gasteiger partial charge in [0.1, 0.15) is 0 Å². The van der Waals surface area contributed by atoms with Gasteiger partial charge in [-0.3, -0.25) is 9.11 Å². The summed E-state index contributed by atoms with van der Waals surface area (Å²) in [6.45, 7) is 4.36. The molecule has 0 aliphatic rings.